The molecule has 2 N–H and O–H groups in total. The third kappa shape index (κ3) is 4.81. The zero-order chi connectivity index (χ0) is 19.4. The fourth-order valence-corrected chi connectivity index (χ4v) is 2.70. The number of carbonyl (C=O) groups excluding carboxylic acids is 2. The van der Waals surface area contributed by atoms with Gasteiger partial charge in [0.05, 0.1) is 5.69 Å². The number of aromatic nitrogens is 4. The van der Waals surface area contributed by atoms with Crippen LogP contribution in [-0.2, 0) is 18.4 Å². The van der Waals surface area contributed by atoms with Gasteiger partial charge in [0.1, 0.15) is 0 Å². The minimum Gasteiger partial charge on any atom is -0.326 e. The first-order chi connectivity index (χ1) is 12.9. The van der Waals surface area contributed by atoms with Crippen LogP contribution in [0.5, 0.6) is 0 Å². The Morgan fingerprint density at radius 3 is 2.22 bits per heavy atom. The van der Waals surface area contributed by atoms with Gasteiger partial charge in [-0.05, 0) is 50.2 Å². The molecule has 0 aliphatic carbocycles. The molecule has 0 aliphatic heterocycles. The second-order valence-electron chi connectivity index (χ2n) is 6.35. The predicted octanol–water partition coefficient (Wildman–Crippen LogP) is 2.51. The smallest absolute Gasteiger partial charge is 0.276 e. The number of rotatable bonds is 6. The van der Waals surface area contributed by atoms with Crippen LogP contribution in [0.15, 0.2) is 42.6 Å². The molecule has 3 rings (SSSR count). The second-order valence-corrected chi connectivity index (χ2v) is 6.35. The Balaban J connectivity index is 1.51. The minimum absolute atomic E-state index is 0.0900. The summed E-state index contributed by atoms with van der Waals surface area (Å²) >= 11 is 0. The van der Waals surface area contributed by atoms with E-state index in [1.165, 1.54) is 0 Å². The Labute approximate surface area is 157 Å². The molecule has 0 saturated carbocycles. The Bertz CT molecular complexity index is 955. The number of hydrogen-bond donors (Lipinski definition) is 2. The van der Waals surface area contributed by atoms with Gasteiger partial charge in [-0.25, -0.2) is 0 Å². The van der Waals surface area contributed by atoms with Crippen molar-refractivity contribution >= 4 is 23.2 Å². The molecule has 0 aliphatic rings. The lowest BCUT2D eigenvalue weighted by Gasteiger charge is -2.08. The molecular weight excluding hydrogens is 344 g/mol. The van der Waals surface area contributed by atoms with Crippen LogP contribution in [0.25, 0.3) is 0 Å². The third-order valence-corrected chi connectivity index (χ3v) is 4.03. The van der Waals surface area contributed by atoms with E-state index in [9.17, 15) is 9.59 Å². The van der Waals surface area contributed by atoms with Crippen LogP contribution in [0.3, 0.4) is 0 Å². The summed E-state index contributed by atoms with van der Waals surface area (Å²) in [6, 6.07) is 10.6. The van der Waals surface area contributed by atoms with Crippen molar-refractivity contribution in [1.29, 1.82) is 0 Å². The summed E-state index contributed by atoms with van der Waals surface area (Å²) in [6.07, 6.45) is 2.04. The van der Waals surface area contributed by atoms with Crippen LogP contribution in [0.1, 0.15) is 28.3 Å². The van der Waals surface area contributed by atoms with Gasteiger partial charge >= 0.3 is 0 Å². The summed E-state index contributed by atoms with van der Waals surface area (Å²) in [5.74, 6) is -0.370. The number of nitrogens with one attached hydrogen (secondary N) is 2. The first-order valence-corrected chi connectivity index (χ1v) is 8.62. The maximum atomic E-state index is 12.1. The molecular formula is C19H22N6O2. The highest BCUT2D eigenvalue weighted by Gasteiger charge is 2.10. The van der Waals surface area contributed by atoms with E-state index < -0.39 is 0 Å². The van der Waals surface area contributed by atoms with Crippen molar-refractivity contribution in [2.45, 2.75) is 26.8 Å². The van der Waals surface area contributed by atoms with Crippen molar-refractivity contribution in [2.75, 3.05) is 10.6 Å². The molecule has 3 aromatic rings. The molecule has 2 amide bonds. The fraction of sp³-hybridized carbons (Fsp3) is 0.263. The van der Waals surface area contributed by atoms with Crippen molar-refractivity contribution in [1.82, 2.24) is 19.6 Å². The second kappa shape index (κ2) is 7.86. The van der Waals surface area contributed by atoms with Gasteiger partial charge in [-0.3, -0.25) is 19.0 Å². The lowest BCUT2D eigenvalue weighted by molar-refractivity contribution is -0.116. The highest BCUT2D eigenvalue weighted by Crippen LogP contribution is 2.15. The standard InChI is InChI=1S/C19H22N6O2/c1-13-12-14(2)25(22-13)11-9-18(26)20-15-4-6-16(7-5-15)21-19(27)17-8-10-24(3)23-17/h4-8,10,12H,9,11H2,1-3H3,(H,20,26)(H,21,27). The summed E-state index contributed by atoms with van der Waals surface area (Å²) in [7, 11) is 1.75. The average molecular weight is 366 g/mol. The van der Waals surface area contributed by atoms with Crippen LogP contribution in [0.2, 0.25) is 0 Å². The van der Waals surface area contributed by atoms with Crippen molar-refractivity contribution in [2.24, 2.45) is 7.05 Å². The molecule has 0 bridgehead atoms. The molecule has 1 aromatic carbocycles. The number of amides is 2. The maximum Gasteiger partial charge on any atom is 0.276 e. The topological polar surface area (TPSA) is 93.8 Å². The minimum atomic E-state index is -0.280. The van der Waals surface area contributed by atoms with Crippen molar-refractivity contribution in [3.8, 4) is 0 Å². The van der Waals surface area contributed by atoms with E-state index in [1.54, 1.807) is 48.3 Å². The lowest BCUT2D eigenvalue weighted by atomic mass is 10.2. The average Bonchev–Trinajstić information content (AvgIpc) is 3.20. The van der Waals surface area contributed by atoms with Gasteiger partial charge in [0, 0.05) is 43.3 Å². The Morgan fingerprint density at radius 1 is 1.00 bits per heavy atom. The highest BCUT2D eigenvalue weighted by atomic mass is 16.2. The molecule has 140 valence electrons. The Kier molecular flexibility index (Phi) is 5.35. The molecule has 0 radical (unpaired) electrons. The third-order valence-electron chi connectivity index (χ3n) is 4.03. The fourth-order valence-electron chi connectivity index (χ4n) is 2.70. The summed E-state index contributed by atoms with van der Waals surface area (Å²) in [5.41, 5.74) is 3.62. The van der Waals surface area contributed by atoms with Crippen molar-refractivity contribution in [3.05, 3.63) is 59.7 Å². The number of anilines is 2. The van der Waals surface area contributed by atoms with Gasteiger partial charge in [-0.2, -0.15) is 10.2 Å². The number of benzene rings is 1. The monoisotopic (exact) mass is 366 g/mol. The van der Waals surface area contributed by atoms with Crippen LogP contribution in [-0.4, -0.2) is 31.4 Å². The first-order valence-electron chi connectivity index (χ1n) is 8.62. The largest absolute Gasteiger partial charge is 0.326 e. The molecule has 2 heterocycles. The molecule has 0 spiro atoms. The molecule has 8 nitrogen and oxygen atoms in total. The summed E-state index contributed by atoms with van der Waals surface area (Å²) in [5, 5.41) is 14.0. The predicted molar refractivity (Wildman–Crippen MR) is 103 cm³/mol. The van der Waals surface area contributed by atoms with Crippen LogP contribution >= 0.6 is 0 Å². The Morgan fingerprint density at radius 2 is 1.67 bits per heavy atom. The van der Waals surface area contributed by atoms with E-state index in [0.717, 1.165) is 11.4 Å². The van der Waals surface area contributed by atoms with Gasteiger partial charge in [-0.15, -0.1) is 0 Å². The van der Waals surface area contributed by atoms with E-state index in [0.29, 0.717) is 30.0 Å². The molecule has 0 saturated heterocycles. The van der Waals surface area contributed by atoms with Crippen LogP contribution in [0, 0.1) is 13.8 Å². The summed E-state index contributed by atoms with van der Waals surface area (Å²) in [4.78, 5) is 24.2. The van der Waals surface area contributed by atoms with E-state index in [-0.39, 0.29) is 11.8 Å². The number of carbonyl (C=O) groups is 2. The highest BCUT2D eigenvalue weighted by molar-refractivity contribution is 6.03. The van der Waals surface area contributed by atoms with Crippen molar-refractivity contribution in [3.63, 3.8) is 0 Å². The molecule has 0 atom stereocenters. The first kappa shape index (κ1) is 18.4. The van der Waals surface area contributed by atoms with E-state index >= 15 is 0 Å². The van der Waals surface area contributed by atoms with E-state index in [4.69, 9.17) is 0 Å². The van der Waals surface area contributed by atoms with Gasteiger partial charge in [0.25, 0.3) is 5.91 Å². The summed E-state index contributed by atoms with van der Waals surface area (Å²) in [6.45, 7) is 4.43. The lowest BCUT2D eigenvalue weighted by Crippen LogP contribution is -2.16. The number of nitrogens with zero attached hydrogens (tertiary/aromatic N) is 4. The SMILES string of the molecule is Cc1cc(C)n(CCC(=O)Nc2ccc(NC(=O)c3ccn(C)n3)cc2)n1. The van der Waals surface area contributed by atoms with Gasteiger partial charge in [-0.1, -0.05) is 0 Å². The molecule has 8 heteroatoms. The normalized spacial score (nSPS) is 10.6. The van der Waals surface area contributed by atoms with Crippen molar-refractivity contribution < 1.29 is 9.59 Å². The van der Waals surface area contributed by atoms with Crippen LogP contribution in [0.4, 0.5) is 11.4 Å². The maximum absolute atomic E-state index is 12.1. The van der Waals surface area contributed by atoms with Gasteiger partial charge in [0.2, 0.25) is 5.91 Å². The molecule has 0 unspecified atom stereocenters. The van der Waals surface area contributed by atoms with Gasteiger partial charge in [0.15, 0.2) is 5.69 Å². The number of hydrogen-bond acceptors (Lipinski definition) is 4. The van der Waals surface area contributed by atoms with E-state index in [1.807, 2.05) is 24.6 Å². The zero-order valence-electron chi connectivity index (χ0n) is 15.6. The Hall–Kier alpha value is -3.42. The van der Waals surface area contributed by atoms with Gasteiger partial charge < -0.3 is 10.6 Å². The zero-order valence-corrected chi connectivity index (χ0v) is 15.6. The number of aryl methyl sites for hydroxylation is 4. The van der Waals surface area contributed by atoms with E-state index in [2.05, 4.69) is 20.8 Å². The molecule has 0 fully saturated rings. The summed E-state index contributed by atoms with van der Waals surface area (Å²) < 4.78 is 3.39. The van der Waals surface area contributed by atoms with Crippen LogP contribution < -0.4 is 10.6 Å². The molecule has 2 aromatic heterocycles. The quantitative estimate of drug-likeness (QED) is 0.701. The molecule has 27 heavy (non-hydrogen) atoms.